The van der Waals surface area contributed by atoms with Crippen LogP contribution in [-0.4, -0.2) is 34.6 Å². The second kappa shape index (κ2) is 6.56. The van der Waals surface area contributed by atoms with Gasteiger partial charge in [-0.25, -0.2) is 0 Å². The average molecular weight is 332 g/mol. The zero-order valence-electron chi connectivity index (χ0n) is 14.0. The molecule has 0 aromatic heterocycles. The van der Waals surface area contributed by atoms with Gasteiger partial charge in [0.05, 0.1) is 10.9 Å². The van der Waals surface area contributed by atoms with Gasteiger partial charge in [-0.15, -0.1) is 11.8 Å². The molecule has 1 aromatic rings. The van der Waals surface area contributed by atoms with E-state index in [-0.39, 0.29) is 17.1 Å². The Bertz CT molecular complexity index is 625. The Labute approximate surface area is 142 Å². The summed E-state index contributed by atoms with van der Waals surface area (Å²) in [6, 6.07) is 6.08. The topological polar surface area (TPSA) is 49.4 Å². The summed E-state index contributed by atoms with van der Waals surface area (Å²) < 4.78 is 0. The highest BCUT2D eigenvalue weighted by atomic mass is 32.2. The van der Waals surface area contributed by atoms with Crippen LogP contribution in [0.5, 0.6) is 0 Å². The number of amides is 2. The van der Waals surface area contributed by atoms with Crippen molar-refractivity contribution in [2.24, 2.45) is 5.92 Å². The van der Waals surface area contributed by atoms with Crippen LogP contribution in [0.2, 0.25) is 0 Å². The summed E-state index contributed by atoms with van der Waals surface area (Å²) in [5.41, 5.74) is 1.44. The highest BCUT2D eigenvalue weighted by molar-refractivity contribution is 8.00. The minimum atomic E-state index is -0.0851. The number of hydrogen-bond acceptors (Lipinski definition) is 3. The van der Waals surface area contributed by atoms with Crippen LogP contribution in [0.4, 0.5) is 5.69 Å². The Morgan fingerprint density at radius 2 is 2.13 bits per heavy atom. The van der Waals surface area contributed by atoms with Crippen molar-refractivity contribution in [3.63, 3.8) is 0 Å². The second-order valence-electron chi connectivity index (χ2n) is 6.87. The number of carbonyl (C=O) groups is 2. The first kappa shape index (κ1) is 16.4. The smallest absolute Gasteiger partial charge is 0.254 e. The summed E-state index contributed by atoms with van der Waals surface area (Å²) in [7, 11) is 0. The molecule has 0 radical (unpaired) electrons. The van der Waals surface area contributed by atoms with E-state index in [1.165, 1.54) is 0 Å². The van der Waals surface area contributed by atoms with E-state index in [9.17, 15) is 9.59 Å². The molecule has 1 aliphatic heterocycles. The van der Waals surface area contributed by atoms with Gasteiger partial charge in [0.25, 0.3) is 5.91 Å². The van der Waals surface area contributed by atoms with Crippen LogP contribution in [0.15, 0.2) is 23.1 Å². The number of hydrogen-bond donors (Lipinski definition) is 1. The standard InChI is InChI=1S/C18H24N2O2S/c1-11(2)8-9-20(14-5-6-14)18(22)13-4-7-16-15(10-13)19-17(21)12(3)23-16/h4,7,10-12,14H,5-6,8-9H2,1-3H3,(H,19,21). The molecular weight excluding hydrogens is 308 g/mol. The van der Waals surface area contributed by atoms with Gasteiger partial charge in [0.2, 0.25) is 5.91 Å². The SMILES string of the molecule is CC(C)CCN(C(=O)c1ccc2c(c1)NC(=O)C(C)S2)C1CC1. The number of nitrogens with one attached hydrogen (secondary N) is 1. The molecule has 124 valence electrons. The van der Waals surface area contributed by atoms with Crippen molar-refractivity contribution in [1.29, 1.82) is 0 Å². The Morgan fingerprint density at radius 3 is 2.78 bits per heavy atom. The first-order valence-corrected chi connectivity index (χ1v) is 9.26. The molecule has 0 saturated heterocycles. The molecule has 3 rings (SSSR count). The minimum Gasteiger partial charge on any atom is -0.336 e. The van der Waals surface area contributed by atoms with Gasteiger partial charge in [0.15, 0.2) is 0 Å². The molecule has 2 amide bonds. The maximum Gasteiger partial charge on any atom is 0.254 e. The summed E-state index contributed by atoms with van der Waals surface area (Å²) in [5.74, 6) is 0.685. The van der Waals surface area contributed by atoms with Crippen LogP contribution in [0.3, 0.4) is 0 Å². The lowest BCUT2D eigenvalue weighted by Gasteiger charge is -2.25. The Balaban J connectivity index is 1.79. The van der Waals surface area contributed by atoms with Crippen molar-refractivity contribution in [3.8, 4) is 0 Å². The second-order valence-corrected chi connectivity index (χ2v) is 8.26. The first-order valence-electron chi connectivity index (χ1n) is 8.38. The van der Waals surface area contributed by atoms with Crippen LogP contribution in [-0.2, 0) is 4.79 Å². The lowest BCUT2D eigenvalue weighted by Crippen LogP contribution is -2.35. The summed E-state index contributed by atoms with van der Waals surface area (Å²) in [6.45, 7) is 7.07. The molecule has 0 bridgehead atoms. The van der Waals surface area contributed by atoms with Gasteiger partial charge < -0.3 is 10.2 Å². The van der Waals surface area contributed by atoms with Gasteiger partial charge in [-0.1, -0.05) is 13.8 Å². The predicted molar refractivity (Wildman–Crippen MR) is 93.9 cm³/mol. The van der Waals surface area contributed by atoms with E-state index in [4.69, 9.17) is 0 Å². The third-order valence-electron chi connectivity index (χ3n) is 4.35. The van der Waals surface area contributed by atoms with Gasteiger partial charge in [-0.3, -0.25) is 9.59 Å². The van der Waals surface area contributed by atoms with E-state index >= 15 is 0 Å². The number of rotatable bonds is 5. The quantitative estimate of drug-likeness (QED) is 0.893. The van der Waals surface area contributed by atoms with Crippen molar-refractivity contribution >= 4 is 29.3 Å². The average Bonchev–Trinajstić information content (AvgIpc) is 3.32. The monoisotopic (exact) mass is 332 g/mol. The van der Waals surface area contributed by atoms with Crippen molar-refractivity contribution in [2.75, 3.05) is 11.9 Å². The van der Waals surface area contributed by atoms with E-state index in [0.29, 0.717) is 17.5 Å². The first-order chi connectivity index (χ1) is 11.0. The molecule has 5 heteroatoms. The molecule has 1 saturated carbocycles. The summed E-state index contributed by atoms with van der Waals surface area (Å²) in [6.07, 6.45) is 3.25. The number of thioether (sulfide) groups is 1. The normalized spacial score (nSPS) is 20.2. The number of anilines is 1. The van der Waals surface area contributed by atoms with Gasteiger partial charge in [0, 0.05) is 23.0 Å². The number of fused-ring (bicyclic) bond motifs is 1. The largest absolute Gasteiger partial charge is 0.336 e. The molecule has 2 aliphatic rings. The minimum absolute atomic E-state index is 0.00551. The molecular formula is C18H24N2O2S. The summed E-state index contributed by atoms with van der Waals surface area (Å²) >= 11 is 1.54. The van der Waals surface area contributed by atoms with Gasteiger partial charge in [0.1, 0.15) is 0 Å². The maximum atomic E-state index is 12.9. The highest BCUT2D eigenvalue weighted by Gasteiger charge is 2.33. The van der Waals surface area contributed by atoms with Crippen molar-refractivity contribution in [2.45, 2.75) is 56.2 Å². The fraction of sp³-hybridized carbons (Fsp3) is 0.556. The van der Waals surface area contributed by atoms with Crippen molar-refractivity contribution in [1.82, 2.24) is 4.90 Å². The Hall–Kier alpha value is -1.49. The van der Waals surface area contributed by atoms with Crippen LogP contribution in [0.25, 0.3) is 0 Å². The molecule has 23 heavy (non-hydrogen) atoms. The van der Waals surface area contributed by atoms with E-state index in [1.54, 1.807) is 11.8 Å². The number of benzene rings is 1. The fourth-order valence-electron chi connectivity index (χ4n) is 2.74. The van der Waals surface area contributed by atoms with E-state index in [0.717, 1.165) is 36.4 Å². The third kappa shape index (κ3) is 3.71. The number of nitrogens with zero attached hydrogens (tertiary/aromatic N) is 1. The predicted octanol–water partition coefficient (Wildman–Crippen LogP) is 3.77. The number of carbonyl (C=O) groups excluding carboxylic acids is 2. The molecule has 1 N–H and O–H groups in total. The summed E-state index contributed by atoms with van der Waals surface area (Å²) in [5, 5.41) is 2.82. The molecule has 1 heterocycles. The van der Waals surface area contributed by atoms with Gasteiger partial charge in [-0.05, 0) is 50.3 Å². The molecule has 1 aromatic carbocycles. The van der Waals surface area contributed by atoms with E-state index in [1.807, 2.05) is 30.0 Å². The van der Waals surface area contributed by atoms with E-state index < -0.39 is 0 Å². The zero-order chi connectivity index (χ0) is 16.6. The molecule has 4 nitrogen and oxygen atoms in total. The fourth-order valence-corrected chi connectivity index (χ4v) is 3.67. The lowest BCUT2D eigenvalue weighted by atomic mass is 10.1. The molecule has 1 unspecified atom stereocenters. The van der Waals surface area contributed by atoms with Crippen molar-refractivity contribution < 1.29 is 9.59 Å². The Kier molecular flexibility index (Phi) is 4.67. The van der Waals surface area contributed by atoms with Crippen molar-refractivity contribution in [3.05, 3.63) is 23.8 Å². The zero-order valence-corrected chi connectivity index (χ0v) is 14.8. The van der Waals surface area contributed by atoms with Crippen LogP contribution < -0.4 is 5.32 Å². The molecule has 1 fully saturated rings. The van der Waals surface area contributed by atoms with Crippen LogP contribution >= 0.6 is 11.8 Å². The van der Waals surface area contributed by atoms with Gasteiger partial charge in [-0.2, -0.15) is 0 Å². The lowest BCUT2D eigenvalue weighted by molar-refractivity contribution is -0.115. The third-order valence-corrected chi connectivity index (χ3v) is 5.53. The molecule has 0 spiro atoms. The maximum absolute atomic E-state index is 12.9. The Morgan fingerprint density at radius 1 is 1.39 bits per heavy atom. The highest BCUT2D eigenvalue weighted by Crippen LogP contribution is 2.37. The summed E-state index contributed by atoms with van der Waals surface area (Å²) in [4.78, 5) is 27.8. The molecule has 1 atom stereocenters. The van der Waals surface area contributed by atoms with Gasteiger partial charge >= 0.3 is 0 Å². The van der Waals surface area contributed by atoms with Crippen LogP contribution in [0, 0.1) is 5.92 Å². The molecule has 1 aliphatic carbocycles. The van der Waals surface area contributed by atoms with E-state index in [2.05, 4.69) is 19.2 Å². The van der Waals surface area contributed by atoms with Crippen LogP contribution in [0.1, 0.15) is 50.4 Å².